The van der Waals surface area contributed by atoms with Crippen LogP contribution in [0.1, 0.15) is 0 Å². The molecule has 4 rings (SSSR count). The predicted molar refractivity (Wildman–Crippen MR) is 70.2 cm³/mol. The number of rotatable bonds is 0. The highest BCUT2D eigenvalue weighted by molar-refractivity contribution is 7.25. The van der Waals surface area contributed by atoms with E-state index in [-0.39, 0.29) is 0 Å². The van der Waals surface area contributed by atoms with Crippen molar-refractivity contribution in [3.05, 3.63) is 42.6 Å². The number of nitrogens with zero attached hydrogens (tertiary/aromatic N) is 3. The lowest BCUT2D eigenvalue weighted by Crippen LogP contribution is -1.83. The molecule has 1 aromatic carbocycles. The van der Waals surface area contributed by atoms with E-state index in [1.807, 2.05) is 30.5 Å². The van der Waals surface area contributed by atoms with Gasteiger partial charge in [-0.15, -0.1) is 10.2 Å². The molecule has 0 bridgehead atoms. The molecule has 0 N–H and O–H groups in total. The number of aromatic nitrogens is 3. The third kappa shape index (κ3) is 1.18. The van der Waals surface area contributed by atoms with Gasteiger partial charge in [0.05, 0.1) is 5.52 Å². The van der Waals surface area contributed by atoms with E-state index < -0.39 is 0 Å². The minimum Gasteiger partial charge on any atom is -0.245 e. The lowest BCUT2D eigenvalue weighted by atomic mass is 10.1. The van der Waals surface area contributed by atoms with Gasteiger partial charge in [-0.05, 0) is 18.2 Å². The SMILES string of the molecule is c1ccc2c(c1)nnc1sc3ncccc3c12. The van der Waals surface area contributed by atoms with E-state index >= 15 is 0 Å². The quantitative estimate of drug-likeness (QED) is 0.470. The van der Waals surface area contributed by atoms with Gasteiger partial charge < -0.3 is 0 Å². The van der Waals surface area contributed by atoms with Gasteiger partial charge >= 0.3 is 0 Å². The molecule has 0 aliphatic carbocycles. The second-order valence-electron chi connectivity index (χ2n) is 3.86. The molecule has 0 radical (unpaired) electrons. The highest BCUT2D eigenvalue weighted by Gasteiger charge is 2.10. The van der Waals surface area contributed by atoms with Crippen molar-refractivity contribution in [1.82, 2.24) is 15.2 Å². The average molecular weight is 237 g/mol. The van der Waals surface area contributed by atoms with Crippen molar-refractivity contribution in [2.75, 3.05) is 0 Å². The van der Waals surface area contributed by atoms with E-state index in [1.54, 1.807) is 11.3 Å². The van der Waals surface area contributed by atoms with Gasteiger partial charge in [-0.1, -0.05) is 29.5 Å². The summed E-state index contributed by atoms with van der Waals surface area (Å²) in [5.74, 6) is 0. The molecule has 17 heavy (non-hydrogen) atoms. The fourth-order valence-corrected chi connectivity index (χ4v) is 3.10. The van der Waals surface area contributed by atoms with E-state index in [2.05, 4.69) is 27.3 Å². The molecule has 0 atom stereocenters. The fraction of sp³-hybridized carbons (Fsp3) is 0. The second-order valence-corrected chi connectivity index (χ2v) is 4.83. The van der Waals surface area contributed by atoms with Crippen LogP contribution in [0.2, 0.25) is 0 Å². The van der Waals surface area contributed by atoms with Crippen LogP contribution < -0.4 is 0 Å². The number of fused-ring (bicyclic) bond motifs is 5. The van der Waals surface area contributed by atoms with E-state index in [1.165, 1.54) is 10.8 Å². The Morgan fingerprint density at radius 3 is 2.71 bits per heavy atom. The molecule has 0 spiro atoms. The van der Waals surface area contributed by atoms with Crippen molar-refractivity contribution in [2.24, 2.45) is 0 Å². The van der Waals surface area contributed by atoms with Crippen molar-refractivity contribution in [2.45, 2.75) is 0 Å². The van der Waals surface area contributed by atoms with Crippen LogP contribution in [0.25, 0.3) is 31.3 Å². The standard InChI is InChI=1S/C13H7N3S/c1-2-6-10-8(4-1)11-9-5-3-7-14-12(9)17-13(11)16-15-10/h1-7H. The van der Waals surface area contributed by atoms with Gasteiger partial charge in [0.2, 0.25) is 0 Å². The maximum Gasteiger partial charge on any atom is 0.149 e. The van der Waals surface area contributed by atoms with Gasteiger partial charge in [0.25, 0.3) is 0 Å². The van der Waals surface area contributed by atoms with Crippen LogP contribution in [0.5, 0.6) is 0 Å². The summed E-state index contributed by atoms with van der Waals surface area (Å²) >= 11 is 1.59. The Kier molecular flexibility index (Phi) is 1.70. The minimum absolute atomic E-state index is 0.934. The van der Waals surface area contributed by atoms with Crippen LogP contribution in [0.15, 0.2) is 42.6 Å². The Hall–Kier alpha value is -2.07. The Balaban J connectivity index is 2.38. The molecule has 3 nitrogen and oxygen atoms in total. The Labute approximate surface area is 101 Å². The first-order chi connectivity index (χ1) is 8.43. The van der Waals surface area contributed by atoms with Crippen molar-refractivity contribution in [1.29, 1.82) is 0 Å². The van der Waals surface area contributed by atoms with Gasteiger partial charge in [0.1, 0.15) is 9.66 Å². The Bertz CT molecular complexity index is 845. The molecule has 0 amide bonds. The number of thiophene rings is 1. The Morgan fingerprint density at radius 1 is 0.824 bits per heavy atom. The van der Waals surface area contributed by atoms with Gasteiger partial charge in [-0.3, -0.25) is 0 Å². The Morgan fingerprint density at radius 2 is 1.71 bits per heavy atom. The average Bonchev–Trinajstić information content (AvgIpc) is 2.77. The number of hydrogen-bond donors (Lipinski definition) is 0. The first-order valence-corrected chi connectivity index (χ1v) is 6.14. The molecule has 3 aromatic heterocycles. The van der Waals surface area contributed by atoms with Crippen LogP contribution in [-0.4, -0.2) is 15.2 Å². The molecule has 4 aromatic rings. The fourth-order valence-electron chi connectivity index (χ4n) is 2.12. The third-order valence-electron chi connectivity index (χ3n) is 2.87. The van der Waals surface area contributed by atoms with E-state index in [9.17, 15) is 0 Å². The van der Waals surface area contributed by atoms with Gasteiger partial charge in [0, 0.05) is 22.4 Å². The monoisotopic (exact) mass is 237 g/mol. The predicted octanol–water partition coefficient (Wildman–Crippen LogP) is 3.39. The molecule has 0 fully saturated rings. The number of benzene rings is 1. The van der Waals surface area contributed by atoms with Crippen LogP contribution >= 0.6 is 11.3 Å². The molecule has 4 heteroatoms. The highest BCUT2D eigenvalue weighted by atomic mass is 32.1. The van der Waals surface area contributed by atoms with Gasteiger partial charge in [-0.2, -0.15) is 0 Å². The number of pyridine rings is 1. The second kappa shape index (κ2) is 3.21. The van der Waals surface area contributed by atoms with Crippen LogP contribution in [0.3, 0.4) is 0 Å². The lowest BCUT2D eigenvalue weighted by molar-refractivity contribution is 1.13. The molecular weight excluding hydrogens is 230 g/mol. The van der Waals surface area contributed by atoms with E-state index in [4.69, 9.17) is 0 Å². The summed E-state index contributed by atoms with van der Waals surface area (Å²) in [5, 5.41) is 12.0. The summed E-state index contributed by atoms with van der Waals surface area (Å²) in [4.78, 5) is 6.35. The smallest absolute Gasteiger partial charge is 0.149 e. The topological polar surface area (TPSA) is 38.7 Å². The molecule has 0 aliphatic rings. The molecule has 0 unspecified atom stereocenters. The maximum absolute atomic E-state index is 4.38. The zero-order chi connectivity index (χ0) is 11.2. The van der Waals surface area contributed by atoms with Crippen molar-refractivity contribution in [3.63, 3.8) is 0 Å². The summed E-state index contributed by atoms with van der Waals surface area (Å²) < 4.78 is 0. The van der Waals surface area contributed by atoms with Crippen molar-refractivity contribution in [3.8, 4) is 0 Å². The summed E-state index contributed by atoms with van der Waals surface area (Å²) in [6.45, 7) is 0. The molecule has 0 saturated carbocycles. The third-order valence-corrected chi connectivity index (χ3v) is 3.87. The summed E-state index contributed by atoms with van der Waals surface area (Å²) in [7, 11) is 0. The van der Waals surface area contributed by atoms with Crippen LogP contribution in [-0.2, 0) is 0 Å². The summed E-state index contributed by atoms with van der Waals surface area (Å²) in [6.07, 6.45) is 1.81. The maximum atomic E-state index is 4.38. The highest BCUT2D eigenvalue weighted by Crippen LogP contribution is 2.34. The van der Waals surface area contributed by atoms with E-state index in [0.717, 1.165) is 20.6 Å². The first kappa shape index (κ1) is 9.01. The molecule has 0 aliphatic heterocycles. The summed E-state index contributed by atoms with van der Waals surface area (Å²) in [5.41, 5.74) is 0.934. The van der Waals surface area contributed by atoms with Gasteiger partial charge in [0.15, 0.2) is 0 Å². The zero-order valence-electron chi connectivity index (χ0n) is 8.79. The molecule has 3 heterocycles. The molecular formula is C13H7N3S. The van der Waals surface area contributed by atoms with Crippen LogP contribution in [0.4, 0.5) is 0 Å². The van der Waals surface area contributed by atoms with Gasteiger partial charge in [-0.25, -0.2) is 4.98 Å². The molecule has 0 saturated heterocycles. The number of hydrogen-bond acceptors (Lipinski definition) is 4. The lowest BCUT2D eigenvalue weighted by Gasteiger charge is -1.97. The zero-order valence-corrected chi connectivity index (χ0v) is 9.61. The molecule has 80 valence electrons. The largest absolute Gasteiger partial charge is 0.245 e. The van der Waals surface area contributed by atoms with Crippen LogP contribution in [0, 0.1) is 0 Å². The summed E-state index contributed by atoms with van der Waals surface area (Å²) in [6, 6.07) is 12.1. The van der Waals surface area contributed by atoms with Crippen molar-refractivity contribution < 1.29 is 0 Å². The van der Waals surface area contributed by atoms with E-state index in [0.29, 0.717) is 0 Å². The minimum atomic E-state index is 0.934. The van der Waals surface area contributed by atoms with Crippen molar-refractivity contribution >= 4 is 42.7 Å². The normalized spacial score (nSPS) is 11.5. The first-order valence-electron chi connectivity index (χ1n) is 5.32.